The standard InChI is InChI=1S/C23H22BrClN2O4S/c1-15-7-10-17(11-8-15)32(29,30)27-21-12-9-16(24)13-19(21)23(26-14-22(28)31-2)18-5-3-4-6-20(18)25/h3-13,23,26-27H,14H2,1-2H3/t23-/m0/s1. The normalized spacial score (nSPS) is 12.2. The van der Waals surface area contributed by atoms with E-state index >= 15 is 0 Å². The smallest absolute Gasteiger partial charge is 0.319 e. The average Bonchev–Trinajstić information content (AvgIpc) is 2.76. The summed E-state index contributed by atoms with van der Waals surface area (Å²) in [5.74, 6) is -0.459. The van der Waals surface area contributed by atoms with Gasteiger partial charge in [0.15, 0.2) is 0 Å². The lowest BCUT2D eigenvalue weighted by atomic mass is 9.97. The van der Waals surface area contributed by atoms with E-state index in [-0.39, 0.29) is 11.4 Å². The highest BCUT2D eigenvalue weighted by molar-refractivity contribution is 9.10. The molecule has 168 valence electrons. The number of halogens is 2. The Morgan fingerprint density at radius 3 is 2.41 bits per heavy atom. The molecule has 0 aliphatic carbocycles. The zero-order valence-electron chi connectivity index (χ0n) is 17.4. The summed E-state index contributed by atoms with van der Waals surface area (Å²) in [7, 11) is -2.54. The fraction of sp³-hybridized carbons (Fsp3) is 0.174. The van der Waals surface area contributed by atoms with Crippen molar-refractivity contribution in [2.24, 2.45) is 0 Å². The van der Waals surface area contributed by atoms with E-state index in [9.17, 15) is 13.2 Å². The minimum Gasteiger partial charge on any atom is -0.468 e. The van der Waals surface area contributed by atoms with E-state index in [1.807, 2.05) is 19.1 Å². The van der Waals surface area contributed by atoms with Crippen molar-refractivity contribution >= 4 is 49.2 Å². The molecule has 3 aromatic carbocycles. The van der Waals surface area contributed by atoms with Gasteiger partial charge in [-0.25, -0.2) is 8.42 Å². The van der Waals surface area contributed by atoms with Gasteiger partial charge in [0.25, 0.3) is 10.0 Å². The molecule has 9 heteroatoms. The van der Waals surface area contributed by atoms with E-state index in [0.717, 1.165) is 10.0 Å². The Labute approximate surface area is 201 Å². The van der Waals surface area contributed by atoms with Crippen LogP contribution in [0.2, 0.25) is 5.02 Å². The molecule has 0 saturated carbocycles. The number of sulfonamides is 1. The van der Waals surface area contributed by atoms with E-state index in [4.69, 9.17) is 16.3 Å². The molecule has 2 N–H and O–H groups in total. The second kappa shape index (κ2) is 10.5. The Balaban J connectivity index is 2.07. The first-order valence-corrected chi connectivity index (χ1v) is 12.3. The van der Waals surface area contributed by atoms with Crippen molar-refractivity contribution in [3.8, 4) is 0 Å². The molecule has 0 radical (unpaired) electrons. The van der Waals surface area contributed by atoms with Crippen LogP contribution in [0.4, 0.5) is 5.69 Å². The summed E-state index contributed by atoms with van der Waals surface area (Å²) in [5, 5.41) is 3.60. The van der Waals surface area contributed by atoms with Crippen molar-refractivity contribution < 1.29 is 17.9 Å². The Hall–Kier alpha value is -2.39. The van der Waals surface area contributed by atoms with Crippen molar-refractivity contribution in [1.82, 2.24) is 5.32 Å². The van der Waals surface area contributed by atoms with Crippen molar-refractivity contribution in [3.63, 3.8) is 0 Å². The van der Waals surface area contributed by atoms with E-state index < -0.39 is 22.0 Å². The number of nitrogens with one attached hydrogen (secondary N) is 2. The summed E-state index contributed by atoms with van der Waals surface area (Å²) >= 11 is 9.90. The first-order valence-electron chi connectivity index (χ1n) is 9.65. The van der Waals surface area contributed by atoms with Crippen LogP contribution in [0, 0.1) is 6.92 Å². The third-order valence-corrected chi connectivity index (χ3v) is 7.01. The quantitative estimate of drug-likeness (QED) is 0.392. The van der Waals surface area contributed by atoms with Gasteiger partial charge in [-0.15, -0.1) is 0 Å². The minimum absolute atomic E-state index is 0.0942. The maximum absolute atomic E-state index is 13.0. The van der Waals surface area contributed by atoms with Crippen LogP contribution in [0.3, 0.4) is 0 Å². The van der Waals surface area contributed by atoms with Gasteiger partial charge in [0, 0.05) is 9.50 Å². The Bertz CT molecular complexity index is 1220. The largest absolute Gasteiger partial charge is 0.468 e. The SMILES string of the molecule is COC(=O)CN[C@@H](c1ccccc1Cl)c1cc(Br)ccc1NS(=O)(=O)c1ccc(C)cc1. The zero-order valence-corrected chi connectivity index (χ0v) is 20.6. The van der Waals surface area contributed by atoms with Crippen LogP contribution in [0.5, 0.6) is 0 Å². The van der Waals surface area contributed by atoms with Crippen molar-refractivity contribution in [1.29, 1.82) is 0 Å². The number of rotatable bonds is 8. The third-order valence-electron chi connectivity index (χ3n) is 4.79. The number of hydrogen-bond acceptors (Lipinski definition) is 5. The molecule has 0 aromatic heterocycles. The van der Waals surface area contributed by atoms with E-state index in [2.05, 4.69) is 26.0 Å². The minimum atomic E-state index is -3.84. The van der Waals surface area contributed by atoms with Crippen LogP contribution in [0.1, 0.15) is 22.7 Å². The van der Waals surface area contributed by atoms with Gasteiger partial charge in [-0.3, -0.25) is 14.8 Å². The van der Waals surface area contributed by atoms with Gasteiger partial charge in [0.1, 0.15) is 0 Å². The molecule has 0 aliphatic heterocycles. The monoisotopic (exact) mass is 536 g/mol. The van der Waals surface area contributed by atoms with Crippen molar-refractivity contribution in [3.05, 3.63) is 92.9 Å². The molecular formula is C23H22BrClN2O4S. The molecule has 0 bridgehead atoms. The fourth-order valence-electron chi connectivity index (χ4n) is 3.14. The number of esters is 1. The maximum atomic E-state index is 13.0. The number of methoxy groups -OCH3 is 1. The second-order valence-corrected chi connectivity index (χ2v) is 10.1. The molecule has 6 nitrogen and oxygen atoms in total. The number of aryl methyl sites for hydroxylation is 1. The number of carbonyl (C=O) groups excluding carboxylic acids is 1. The highest BCUT2D eigenvalue weighted by Crippen LogP contribution is 2.35. The third kappa shape index (κ3) is 5.89. The summed E-state index contributed by atoms with van der Waals surface area (Å²) in [4.78, 5) is 12.0. The first kappa shape index (κ1) is 24.3. The van der Waals surface area contributed by atoms with Crippen LogP contribution in [-0.4, -0.2) is 28.0 Å². The summed E-state index contributed by atoms with van der Waals surface area (Å²) in [6.07, 6.45) is 0. The van der Waals surface area contributed by atoms with Crippen LogP contribution >= 0.6 is 27.5 Å². The number of anilines is 1. The molecule has 0 saturated heterocycles. The van der Waals surface area contributed by atoms with Crippen LogP contribution in [0.15, 0.2) is 76.1 Å². The molecular weight excluding hydrogens is 516 g/mol. The molecule has 0 unspecified atom stereocenters. The van der Waals surface area contributed by atoms with Crippen molar-refractivity contribution in [2.75, 3.05) is 18.4 Å². The molecule has 0 spiro atoms. The van der Waals surface area contributed by atoms with Gasteiger partial charge in [0.05, 0.1) is 30.3 Å². The average molecular weight is 538 g/mol. The Morgan fingerprint density at radius 1 is 1.06 bits per heavy atom. The molecule has 1 atom stereocenters. The van der Waals surface area contributed by atoms with Crippen LogP contribution in [0.25, 0.3) is 0 Å². The highest BCUT2D eigenvalue weighted by atomic mass is 79.9. The van der Waals surface area contributed by atoms with E-state index in [1.54, 1.807) is 54.6 Å². The number of carbonyl (C=O) groups is 1. The van der Waals surface area contributed by atoms with Crippen molar-refractivity contribution in [2.45, 2.75) is 17.9 Å². The highest BCUT2D eigenvalue weighted by Gasteiger charge is 2.24. The van der Waals surface area contributed by atoms with Gasteiger partial charge in [-0.05, 0) is 54.4 Å². The molecule has 3 rings (SSSR count). The predicted octanol–water partition coefficient (Wildman–Crippen LogP) is 5.06. The molecule has 0 fully saturated rings. The predicted molar refractivity (Wildman–Crippen MR) is 129 cm³/mol. The lowest BCUT2D eigenvalue weighted by molar-refractivity contribution is -0.139. The Kier molecular flexibility index (Phi) is 7.95. The Morgan fingerprint density at radius 2 is 1.75 bits per heavy atom. The lowest BCUT2D eigenvalue weighted by Gasteiger charge is -2.24. The van der Waals surface area contributed by atoms with Crippen LogP contribution in [-0.2, 0) is 19.6 Å². The molecule has 3 aromatic rings. The number of ether oxygens (including phenoxy) is 1. The first-order chi connectivity index (χ1) is 15.2. The fourth-order valence-corrected chi connectivity index (χ4v) is 4.85. The molecule has 0 amide bonds. The topological polar surface area (TPSA) is 84.5 Å². The van der Waals surface area contributed by atoms with Gasteiger partial charge >= 0.3 is 5.97 Å². The summed E-state index contributed by atoms with van der Waals surface area (Å²) in [5.41, 5.74) is 2.59. The van der Waals surface area contributed by atoms with Gasteiger partial charge in [0.2, 0.25) is 0 Å². The summed E-state index contributed by atoms with van der Waals surface area (Å²) in [6.45, 7) is 1.79. The van der Waals surface area contributed by atoms with Crippen LogP contribution < -0.4 is 10.0 Å². The van der Waals surface area contributed by atoms with Gasteiger partial charge in [-0.2, -0.15) is 0 Å². The number of hydrogen-bond donors (Lipinski definition) is 2. The lowest BCUT2D eigenvalue weighted by Crippen LogP contribution is -2.30. The van der Waals surface area contributed by atoms with Gasteiger partial charge in [-0.1, -0.05) is 63.4 Å². The summed E-state index contributed by atoms with van der Waals surface area (Å²) in [6, 6.07) is 18.3. The zero-order chi connectivity index (χ0) is 23.3. The second-order valence-electron chi connectivity index (χ2n) is 7.06. The molecule has 32 heavy (non-hydrogen) atoms. The van der Waals surface area contributed by atoms with Gasteiger partial charge < -0.3 is 4.74 Å². The number of benzene rings is 3. The molecule has 0 aliphatic rings. The molecule has 0 heterocycles. The summed E-state index contributed by atoms with van der Waals surface area (Å²) < 4.78 is 34.3. The van der Waals surface area contributed by atoms with E-state index in [0.29, 0.717) is 21.8 Å². The van der Waals surface area contributed by atoms with E-state index in [1.165, 1.54) is 7.11 Å². The maximum Gasteiger partial charge on any atom is 0.319 e.